The first kappa shape index (κ1) is 15.6. The van der Waals surface area contributed by atoms with Gasteiger partial charge < -0.3 is 0 Å². The molecule has 0 saturated heterocycles. The van der Waals surface area contributed by atoms with Gasteiger partial charge in [0, 0.05) is 12.8 Å². The summed E-state index contributed by atoms with van der Waals surface area (Å²) in [6.07, 6.45) is 1.90. The minimum Gasteiger partial charge on any atom is -0.299 e. The second kappa shape index (κ2) is 7.22. The predicted molar refractivity (Wildman–Crippen MR) is 78.5 cm³/mol. The molecule has 0 spiro atoms. The van der Waals surface area contributed by atoms with Gasteiger partial charge in [0.2, 0.25) is 0 Å². The zero-order valence-electron chi connectivity index (χ0n) is 12.4. The zero-order chi connectivity index (χ0) is 14.4. The van der Waals surface area contributed by atoms with Crippen LogP contribution in [0.25, 0.3) is 0 Å². The van der Waals surface area contributed by atoms with Gasteiger partial charge in [-0.1, -0.05) is 52.0 Å². The number of carbonyl (C=O) groups excluding carboxylic acids is 2. The Balaban J connectivity index is 3.04. The van der Waals surface area contributed by atoms with E-state index >= 15 is 0 Å². The second-order valence-electron chi connectivity index (χ2n) is 5.05. The second-order valence-corrected chi connectivity index (χ2v) is 5.05. The molecule has 1 rings (SSSR count). The molecule has 0 aliphatic carbocycles. The lowest BCUT2D eigenvalue weighted by atomic mass is 9.87. The van der Waals surface area contributed by atoms with Gasteiger partial charge in [0.05, 0.1) is 0 Å². The SMILES string of the molecule is CCC(=O)C(C(=O)CC)c1ccc(C(C)CC)cc1. The molecule has 1 aromatic rings. The minimum absolute atomic E-state index is 0.0168. The summed E-state index contributed by atoms with van der Waals surface area (Å²) in [6.45, 7) is 7.96. The van der Waals surface area contributed by atoms with Gasteiger partial charge in [-0.15, -0.1) is 0 Å². The van der Waals surface area contributed by atoms with Gasteiger partial charge in [0.15, 0.2) is 0 Å². The molecule has 0 bridgehead atoms. The van der Waals surface area contributed by atoms with Crippen LogP contribution in [0.5, 0.6) is 0 Å². The molecule has 2 heteroatoms. The fourth-order valence-corrected chi connectivity index (χ4v) is 2.21. The van der Waals surface area contributed by atoms with E-state index in [2.05, 4.69) is 13.8 Å². The first-order chi connectivity index (χ1) is 9.04. The molecule has 19 heavy (non-hydrogen) atoms. The van der Waals surface area contributed by atoms with E-state index in [0.29, 0.717) is 18.8 Å². The fourth-order valence-electron chi connectivity index (χ4n) is 2.21. The van der Waals surface area contributed by atoms with Crippen LogP contribution in [0.4, 0.5) is 0 Å². The van der Waals surface area contributed by atoms with Crippen molar-refractivity contribution in [1.29, 1.82) is 0 Å². The van der Waals surface area contributed by atoms with Crippen LogP contribution in [0.15, 0.2) is 24.3 Å². The van der Waals surface area contributed by atoms with Gasteiger partial charge in [-0.25, -0.2) is 0 Å². The third-order valence-electron chi connectivity index (χ3n) is 3.79. The van der Waals surface area contributed by atoms with Crippen LogP contribution in [0.2, 0.25) is 0 Å². The first-order valence-corrected chi connectivity index (χ1v) is 7.20. The Hall–Kier alpha value is -1.44. The lowest BCUT2D eigenvalue weighted by molar-refractivity contribution is -0.128. The highest BCUT2D eigenvalue weighted by Gasteiger charge is 2.25. The maximum Gasteiger partial charge on any atom is 0.147 e. The number of benzene rings is 1. The first-order valence-electron chi connectivity index (χ1n) is 7.20. The predicted octanol–water partition coefficient (Wildman–Crippen LogP) is 4.24. The van der Waals surface area contributed by atoms with E-state index in [1.54, 1.807) is 0 Å². The zero-order valence-corrected chi connectivity index (χ0v) is 12.4. The van der Waals surface area contributed by atoms with Crippen molar-refractivity contribution in [3.63, 3.8) is 0 Å². The van der Waals surface area contributed by atoms with E-state index in [1.807, 2.05) is 38.1 Å². The average Bonchev–Trinajstić information content (AvgIpc) is 2.46. The summed E-state index contributed by atoms with van der Waals surface area (Å²) in [4.78, 5) is 23.9. The molecular weight excluding hydrogens is 236 g/mol. The van der Waals surface area contributed by atoms with Crippen molar-refractivity contribution in [2.75, 3.05) is 0 Å². The molecule has 0 aliphatic rings. The summed E-state index contributed by atoms with van der Waals surface area (Å²) in [7, 11) is 0. The van der Waals surface area contributed by atoms with Crippen LogP contribution in [0.3, 0.4) is 0 Å². The Kier molecular flexibility index (Phi) is 5.94. The van der Waals surface area contributed by atoms with E-state index in [1.165, 1.54) is 5.56 Å². The van der Waals surface area contributed by atoms with Gasteiger partial charge in [-0.2, -0.15) is 0 Å². The van der Waals surface area contributed by atoms with E-state index in [-0.39, 0.29) is 11.6 Å². The van der Waals surface area contributed by atoms with Crippen molar-refractivity contribution in [2.24, 2.45) is 0 Å². The van der Waals surface area contributed by atoms with Crippen molar-refractivity contribution < 1.29 is 9.59 Å². The molecule has 0 amide bonds. The molecule has 2 nitrogen and oxygen atoms in total. The summed E-state index contributed by atoms with van der Waals surface area (Å²) < 4.78 is 0. The van der Waals surface area contributed by atoms with E-state index in [0.717, 1.165) is 12.0 Å². The lowest BCUT2D eigenvalue weighted by Gasteiger charge is -2.15. The van der Waals surface area contributed by atoms with Gasteiger partial charge >= 0.3 is 0 Å². The van der Waals surface area contributed by atoms with Crippen LogP contribution in [-0.4, -0.2) is 11.6 Å². The monoisotopic (exact) mass is 260 g/mol. The molecule has 0 saturated carbocycles. The highest BCUT2D eigenvalue weighted by Crippen LogP contribution is 2.25. The number of hydrogen-bond acceptors (Lipinski definition) is 2. The highest BCUT2D eigenvalue weighted by atomic mass is 16.1. The molecule has 0 fully saturated rings. The number of hydrogen-bond donors (Lipinski definition) is 0. The lowest BCUT2D eigenvalue weighted by Crippen LogP contribution is -2.20. The molecular formula is C17H24O2. The summed E-state index contributed by atoms with van der Waals surface area (Å²) >= 11 is 0. The Morgan fingerprint density at radius 3 is 1.68 bits per heavy atom. The van der Waals surface area contributed by atoms with Crippen LogP contribution in [-0.2, 0) is 9.59 Å². The van der Waals surface area contributed by atoms with Gasteiger partial charge in [-0.3, -0.25) is 9.59 Å². The van der Waals surface area contributed by atoms with Crippen molar-refractivity contribution in [3.8, 4) is 0 Å². The normalized spacial score (nSPS) is 12.5. The Morgan fingerprint density at radius 1 is 0.895 bits per heavy atom. The Bertz CT molecular complexity index is 415. The molecule has 0 N–H and O–H groups in total. The summed E-state index contributed by atoms with van der Waals surface area (Å²) in [5, 5.41) is 0. The molecule has 104 valence electrons. The topological polar surface area (TPSA) is 34.1 Å². The number of ketones is 2. The standard InChI is InChI=1S/C17H24O2/c1-5-12(4)13-8-10-14(11-9-13)17(15(18)6-2)16(19)7-3/h8-12,17H,5-7H2,1-4H3. The quantitative estimate of drug-likeness (QED) is 0.687. The Morgan fingerprint density at radius 2 is 1.32 bits per heavy atom. The molecule has 0 radical (unpaired) electrons. The van der Waals surface area contributed by atoms with E-state index in [4.69, 9.17) is 0 Å². The average molecular weight is 260 g/mol. The number of rotatable bonds is 7. The maximum atomic E-state index is 12.0. The van der Waals surface area contributed by atoms with Crippen molar-refractivity contribution in [2.45, 2.75) is 58.8 Å². The van der Waals surface area contributed by atoms with Crippen molar-refractivity contribution in [1.82, 2.24) is 0 Å². The summed E-state index contributed by atoms with van der Waals surface area (Å²) in [5.74, 6) is -0.0245. The van der Waals surface area contributed by atoms with E-state index < -0.39 is 5.92 Å². The smallest absolute Gasteiger partial charge is 0.147 e. The minimum atomic E-state index is -0.569. The fraction of sp³-hybridized carbons (Fsp3) is 0.529. The van der Waals surface area contributed by atoms with Crippen molar-refractivity contribution in [3.05, 3.63) is 35.4 Å². The molecule has 1 atom stereocenters. The Labute approximate surface area is 116 Å². The molecule has 0 aliphatic heterocycles. The summed E-state index contributed by atoms with van der Waals surface area (Å²) in [5.41, 5.74) is 2.10. The van der Waals surface area contributed by atoms with Crippen LogP contribution in [0.1, 0.15) is 69.9 Å². The number of Topliss-reactive ketones (excluding diaryl/α,β-unsaturated/α-hetero) is 2. The third kappa shape index (κ3) is 3.76. The van der Waals surface area contributed by atoms with Gasteiger partial charge in [0.1, 0.15) is 17.5 Å². The molecule has 0 heterocycles. The van der Waals surface area contributed by atoms with Crippen LogP contribution < -0.4 is 0 Å². The number of carbonyl (C=O) groups is 2. The van der Waals surface area contributed by atoms with E-state index in [9.17, 15) is 9.59 Å². The molecule has 1 unspecified atom stereocenters. The summed E-state index contributed by atoms with van der Waals surface area (Å²) in [6, 6.07) is 7.96. The molecule has 1 aromatic carbocycles. The third-order valence-corrected chi connectivity index (χ3v) is 3.79. The largest absolute Gasteiger partial charge is 0.299 e. The van der Waals surface area contributed by atoms with Crippen LogP contribution in [0, 0.1) is 0 Å². The highest BCUT2D eigenvalue weighted by molar-refractivity contribution is 6.07. The van der Waals surface area contributed by atoms with Crippen LogP contribution >= 0.6 is 0 Å². The van der Waals surface area contributed by atoms with Gasteiger partial charge in [0.25, 0.3) is 0 Å². The van der Waals surface area contributed by atoms with Crippen molar-refractivity contribution >= 4 is 11.6 Å². The maximum absolute atomic E-state index is 12.0. The van der Waals surface area contributed by atoms with Gasteiger partial charge in [-0.05, 0) is 23.5 Å². The molecule has 0 aromatic heterocycles.